The van der Waals surface area contributed by atoms with Crippen LogP contribution >= 0.6 is 0 Å². The number of hydrogen-bond donors (Lipinski definition) is 4. The molecule has 0 aliphatic heterocycles. The van der Waals surface area contributed by atoms with Gasteiger partial charge < -0.3 is 26.0 Å². The summed E-state index contributed by atoms with van der Waals surface area (Å²) < 4.78 is 2.19. The molecular weight excluding hydrogens is 438 g/mol. The maximum absolute atomic E-state index is 9.67. The fourth-order valence-electron chi connectivity index (χ4n) is 4.76. The quantitative estimate of drug-likeness (QED) is 0.254. The fourth-order valence-corrected chi connectivity index (χ4v) is 4.76. The van der Waals surface area contributed by atoms with Crippen LogP contribution in [0.5, 0.6) is 0 Å². The first-order valence-corrected chi connectivity index (χ1v) is 12.5. The minimum atomic E-state index is -0.0962. The van der Waals surface area contributed by atoms with Crippen LogP contribution in [-0.2, 0) is 6.54 Å². The topological polar surface area (TPSA) is 114 Å². The summed E-state index contributed by atoms with van der Waals surface area (Å²) in [7, 11) is 0. The number of nitrogens with zero attached hydrogens (tertiary/aromatic N) is 4. The van der Waals surface area contributed by atoms with Crippen LogP contribution in [0.1, 0.15) is 50.6 Å². The Morgan fingerprint density at radius 3 is 2.57 bits per heavy atom. The SMILES string of the molecule is CCC(CO)Nc1nc(NCc2ccc(-c3ccccc3N)cc2)c2ncn(C3CCCC3)c2n1. The second-order valence-electron chi connectivity index (χ2n) is 9.23. The summed E-state index contributed by atoms with van der Waals surface area (Å²) in [5, 5.41) is 16.4. The van der Waals surface area contributed by atoms with Crippen molar-refractivity contribution in [2.75, 3.05) is 23.0 Å². The molecule has 1 unspecified atom stereocenters. The Hall–Kier alpha value is -3.65. The summed E-state index contributed by atoms with van der Waals surface area (Å²) in [4.78, 5) is 14.2. The van der Waals surface area contributed by atoms with Crippen LogP contribution < -0.4 is 16.4 Å². The summed E-state index contributed by atoms with van der Waals surface area (Å²) in [6, 6.07) is 16.6. The van der Waals surface area contributed by atoms with E-state index in [4.69, 9.17) is 15.7 Å². The van der Waals surface area contributed by atoms with E-state index in [1.54, 1.807) is 0 Å². The largest absolute Gasteiger partial charge is 0.398 e. The van der Waals surface area contributed by atoms with Crippen LogP contribution in [0.25, 0.3) is 22.3 Å². The zero-order valence-electron chi connectivity index (χ0n) is 20.1. The van der Waals surface area contributed by atoms with Gasteiger partial charge >= 0.3 is 0 Å². The van der Waals surface area contributed by atoms with Gasteiger partial charge in [0, 0.05) is 23.8 Å². The number of para-hydroxylation sites is 1. The normalized spacial score (nSPS) is 14.9. The predicted octanol–water partition coefficient (Wildman–Crippen LogP) is 4.99. The van der Waals surface area contributed by atoms with Crippen LogP contribution in [0.4, 0.5) is 17.5 Å². The molecule has 1 aliphatic rings. The molecule has 2 aromatic carbocycles. The van der Waals surface area contributed by atoms with E-state index in [-0.39, 0.29) is 12.6 Å². The van der Waals surface area contributed by atoms with Crippen molar-refractivity contribution in [3.05, 3.63) is 60.4 Å². The molecule has 0 amide bonds. The van der Waals surface area contributed by atoms with Crippen LogP contribution in [0.3, 0.4) is 0 Å². The maximum Gasteiger partial charge on any atom is 0.227 e. The molecule has 2 aromatic heterocycles. The van der Waals surface area contributed by atoms with Gasteiger partial charge in [0.25, 0.3) is 0 Å². The number of rotatable bonds is 9. The van der Waals surface area contributed by atoms with Crippen molar-refractivity contribution in [2.24, 2.45) is 0 Å². The number of anilines is 3. The van der Waals surface area contributed by atoms with E-state index in [1.807, 2.05) is 37.5 Å². The van der Waals surface area contributed by atoms with Crippen molar-refractivity contribution in [3.8, 4) is 11.1 Å². The van der Waals surface area contributed by atoms with Crippen LogP contribution in [-0.4, -0.2) is 37.3 Å². The second kappa shape index (κ2) is 10.3. The minimum absolute atomic E-state index is 0.0286. The number of hydrogen-bond acceptors (Lipinski definition) is 7. The molecule has 1 atom stereocenters. The van der Waals surface area contributed by atoms with Crippen LogP contribution in [0.2, 0.25) is 0 Å². The molecule has 182 valence electrons. The lowest BCUT2D eigenvalue weighted by atomic mass is 10.0. The number of imidazole rings is 1. The molecule has 8 heteroatoms. The molecule has 1 fully saturated rings. The Kier molecular flexibility index (Phi) is 6.81. The van der Waals surface area contributed by atoms with Gasteiger partial charge in [-0.15, -0.1) is 0 Å². The Balaban J connectivity index is 1.41. The first kappa shape index (κ1) is 23.1. The van der Waals surface area contributed by atoms with Gasteiger partial charge in [-0.3, -0.25) is 0 Å². The van der Waals surface area contributed by atoms with E-state index in [1.165, 1.54) is 12.8 Å². The van der Waals surface area contributed by atoms with E-state index >= 15 is 0 Å². The van der Waals surface area contributed by atoms with E-state index in [9.17, 15) is 5.11 Å². The van der Waals surface area contributed by atoms with Crippen molar-refractivity contribution in [1.29, 1.82) is 0 Å². The number of benzene rings is 2. The molecule has 0 saturated heterocycles. The molecule has 0 bridgehead atoms. The molecule has 1 saturated carbocycles. The molecule has 35 heavy (non-hydrogen) atoms. The Bertz CT molecular complexity index is 1270. The van der Waals surface area contributed by atoms with Gasteiger partial charge in [-0.2, -0.15) is 9.97 Å². The molecule has 2 heterocycles. The third-order valence-electron chi connectivity index (χ3n) is 6.87. The highest BCUT2D eigenvalue weighted by molar-refractivity contribution is 5.84. The maximum atomic E-state index is 9.67. The van der Waals surface area contributed by atoms with E-state index < -0.39 is 0 Å². The highest BCUT2D eigenvalue weighted by atomic mass is 16.3. The molecule has 0 spiro atoms. The average molecular weight is 472 g/mol. The first-order valence-electron chi connectivity index (χ1n) is 12.5. The monoisotopic (exact) mass is 471 g/mol. The lowest BCUT2D eigenvalue weighted by Crippen LogP contribution is -2.24. The predicted molar refractivity (Wildman–Crippen MR) is 141 cm³/mol. The number of nitrogen functional groups attached to an aromatic ring is 1. The molecule has 8 nitrogen and oxygen atoms in total. The summed E-state index contributed by atoms with van der Waals surface area (Å²) in [6.07, 6.45) is 7.44. The van der Waals surface area contributed by atoms with Gasteiger partial charge in [0.1, 0.15) is 0 Å². The first-order chi connectivity index (χ1) is 17.2. The zero-order valence-corrected chi connectivity index (χ0v) is 20.1. The van der Waals surface area contributed by atoms with E-state index in [0.717, 1.165) is 52.8 Å². The highest BCUT2D eigenvalue weighted by Crippen LogP contribution is 2.33. The second-order valence-corrected chi connectivity index (χ2v) is 9.23. The van der Waals surface area contributed by atoms with E-state index in [2.05, 4.69) is 44.5 Å². The number of aliphatic hydroxyl groups excluding tert-OH is 1. The van der Waals surface area contributed by atoms with Gasteiger partial charge in [0.05, 0.1) is 19.0 Å². The van der Waals surface area contributed by atoms with Gasteiger partial charge in [0.2, 0.25) is 5.95 Å². The third-order valence-corrected chi connectivity index (χ3v) is 6.87. The van der Waals surface area contributed by atoms with Gasteiger partial charge in [-0.1, -0.05) is 62.2 Å². The Morgan fingerprint density at radius 1 is 1.09 bits per heavy atom. The van der Waals surface area contributed by atoms with Crippen LogP contribution in [0.15, 0.2) is 54.9 Å². The Morgan fingerprint density at radius 2 is 1.86 bits per heavy atom. The van der Waals surface area contributed by atoms with Crippen molar-refractivity contribution in [3.63, 3.8) is 0 Å². The van der Waals surface area contributed by atoms with Gasteiger partial charge in [-0.05, 0) is 36.5 Å². The Labute approximate surface area is 205 Å². The van der Waals surface area contributed by atoms with Crippen molar-refractivity contribution in [1.82, 2.24) is 19.5 Å². The molecular formula is C27H33N7O. The number of nitrogens with two attached hydrogens (primary N) is 1. The summed E-state index contributed by atoms with van der Waals surface area (Å²) >= 11 is 0. The number of fused-ring (bicyclic) bond motifs is 1. The summed E-state index contributed by atoms with van der Waals surface area (Å²) in [5.41, 5.74) is 11.8. The van der Waals surface area contributed by atoms with Crippen LogP contribution in [0, 0.1) is 0 Å². The molecule has 5 rings (SSSR count). The smallest absolute Gasteiger partial charge is 0.227 e. The molecule has 4 aromatic rings. The van der Waals surface area contributed by atoms with Crippen molar-refractivity contribution in [2.45, 2.75) is 57.7 Å². The lowest BCUT2D eigenvalue weighted by molar-refractivity contribution is 0.271. The molecule has 1 aliphatic carbocycles. The van der Waals surface area contributed by atoms with Gasteiger partial charge in [0.15, 0.2) is 17.0 Å². The lowest BCUT2D eigenvalue weighted by Gasteiger charge is -2.17. The van der Waals surface area contributed by atoms with Gasteiger partial charge in [-0.25, -0.2) is 4.98 Å². The zero-order chi connectivity index (χ0) is 24.2. The van der Waals surface area contributed by atoms with Crippen molar-refractivity contribution < 1.29 is 5.11 Å². The fraction of sp³-hybridized carbons (Fsp3) is 0.370. The van der Waals surface area contributed by atoms with E-state index in [0.29, 0.717) is 24.4 Å². The summed E-state index contributed by atoms with van der Waals surface area (Å²) in [6.45, 7) is 2.66. The number of aromatic nitrogens is 4. The number of aliphatic hydroxyl groups is 1. The standard InChI is InChI=1S/C27H33N7O/c1-2-20(16-35)31-27-32-25(24-26(33-27)34(17-30-24)21-7-3-4-8-21)29-15-18-11-13-19(14-12-18)22-9-5-6-10-23(22)28/h5-6,9-14,17,20-21,35H,2-4,7-8,15-16,28H2,1H3,(H2,29,31,32,33). The number of nitrogens with one attached hydrogen (secondary N) is 2. The highest BCUT2D eigenvalue weighted by Gasteiger charge is 2.22. The minimum Gasteiger partial charge on any atom is -0.398 e. The van der Waals surface area contributed by atoms with Crippen molar-refractivity contribution >= 4 is 28.6 Å². The molecule has 0 radical (unpaired) electrons. The molecule has 5 N–H and O–H groups in total. The summed E-state index contributed by atoms with van der Waals surface area (Å²) in [5.74, 6) is 1.20. The third kappa shape index (κ3) is 4.93. The average Bonchev–Trinajstić information content (AvgIpc) is 3.56.